The van der Waals surface area contributed by atoms with Crippen LogP contribution >= 0.6 is 43.5 Å². The Morgan fingerprint density at radius 3 is 2.67 bits per heavy atom. The largest absolute Gasteiger partial charge is 0.450 e. The predicted molar refractivity (Wildman–Crippen MR) is 89.7 cm³/mol. The highest BCUT2D eigenvalue weighted by atomic mass is 79.9. The summed E-state index contributed by atoms with van der Waals surface area (Å²) in [6.07, 6.45) is 0. The molecule has 0 bridgehead atoms. The quantitative estimate of drug-likeness (QED) is 0.336. The number of nitrogens with zero attached hydrogens (tertiary/aromatic N) is 1. The van der Waals surface area contributed by atoms with Crippen molar-refractivity contribution in [3.63, 3.8) is 0 Å². The van der Waals surface area contributed by atoms with Gasteiger partial charge in [0, 0.05) is 26.5 Å². The number of rotatable bonds is 4. The average Bonchev–Trinajstić information content (AvgIpc) is 2.42. The fourth-order valence-corrected chi connectivity index (χ4v) is 3.04. The first-order chi connectivity index (χ1) is 9.92. The van der Waals surface area contributed by atoms with E-state index in [1.165, 1.54) is 6.07 Å². The van der Waals surface area contributed by atoms with Gasteiger partial charge in [0.15, 0.2) is 0 Å². The molecule has 0 N–H and O–H groups in total. The topological polar surface area (TPSA) is 52.4 Å². The summed E-state index contributed by atoms with van der Waals surface area (Å²) in [5, 5.41) is 12.3. The van der Waals surface area contributed by atoms with E-state index < -0.39 is 4.92 Å². The van der Waals surface area contributed by atoms with Crippen molar-refractivity contribution in [1.29, 1.82) is 0 Å². The summed E-state index contributed by atoms with van der Waals surface area (Å²) in [6, 6.07) is 8.33. The van der Waals surface area contributed by atoms with Crippen molar-refractivity contribution < 1.29 is 9.66 Å². The molecule has 0 amide bonds. The van der Waals surface area contributed by atoms with Gasteiger partial charge in [-0.3, -0.25) is 10.1 Å². The second-order valence-electron chi connectivity index (χ2n) is 4.32. The van der Waals surface area contributed by atoms with Gasteiger partial charge in [-0.15, -0.1) is 0 Å². The van der Waals surface area contributed by atoms with Gasteiger partial charge in [-0.1, -0.05) is 43.5 Å². The van der Waals surface area contributed by atoms with Gasteiger partial charge in [0.25, 0.3) is 0 Å². The number of halogens is 3. The minimum Gasteiger partial charge on any atom is -0.450 e. The van der Waals surface area contributed by atoms with Crippen LogP contribution in [0.25, 0.3) is 0 Å². The number of aryl methyl sites for hydroxylation is 1. The van der Waals surface area contributed by atoms with Crippen LogP contribution in [0.2, 0.25) is 5.02 Å². The summed E-state index contributed by atoms with van der Waals surface area (Å²) in [6.45, 7) is 1.76. The summed E-state index contributed by atoms with van der Waals surface area (Å²) in [7, 11) is 0. The number of nitro groups is 1. The van der Waals surface area contributed by atoms with Gasteiger partial charge in [0.2, 0.25) is 5.75 Å². The Morgan fingerprint density at radius 2 is 2.05 bits per heavy atom. The monoisotopic (exact) mass is 433 g/mol. The molecule has 0 heterocycles. The zero-order valence-corrected chi connectivity index (χ0v) is 14.8. The van der Waals surface area contributed by atoms with Crippen LogP contribution in [0.3, 0.4) is 0 Å². The number of benzene rings is 2. The number of nitro benzene ring substituents is 1. The highest BCUT2D eigenvalue weighted by molar-refractivity contribution is 9.10. The smallest absolute Gasteiger partial charge is 0.312 e. The molecule has 0 saturated carbocycles. The third-order valence-electron chi connectivity index (χ3n) is 2.80. The number of ether oxygens (including phenoxy) is 1. The van der Waals surface area contributed by atoms with Crippen LogP contribution in [-0.4, -0.2) is 4.92 Å². The zero-order valence-electron chi connectivity index (χ0n) is 10.9. The molecule has 21 heavy (non-hydrogen) atoms. The van der Waals surface area contributed by atoms with Gasteiger partial charge in [0.05, 0.1) is 4.92 Å². The molecule has 0 atom stereocenters. The summed E-state index contributed by atoms with van der Waals surface area (Å²) in [5.74, 6) is 0.762. The van der Waals surface area contributed by atoms with Crippen LogP contribution < -0.4 is 4.74 Å². The Morgan fingerprint density at radius 1 is 1.33 bits per heavy atom. The predicted octanol–water partition coefficient (Wildman–Crippen LogP) is 6.01. The maximum atomic E-state index is 11.2. The van der Waals surface area contributed by atoms with E-state index in [9.17, 15) is 10.1 Å². The van der Waals surface area contributed by atoms with Crippen LogP contribution in [0.5, 0.6) is 11.5 Å². The lowest BCUT2D eigenvalue weighted by Crippen LogP contribution is -1.97. The third-order valence-corrected chi connectivity index (χ3v) is 4.09. The number of hydrogen-bond acceptors (Lipinski definition) is 3. The van der Waals surface area contributed by atoms with Crippen molar-refractivity contribution in [2.75, 3.05) is 0 Å². The van der Waals surface area contributed by atoms with Gasteiger partial charge in [0.1, 0.15) is 5.75 Å². The molecule has 0 aliphatic heterocycles. The molecule has 0 saturated heterocycles. The van der Waals surface area contributed by atoms with Crippen LogP contribution in [0.1, 0.15) is 11.1 Å². The summed E-state index contributed by atoms with van der Waals surface area (Å²) < 4.78 is 6.42. The molecule has 0 aromatic heterocycles. The van der Waals surface area contributed by atoms with Crippen molar-refractivity contribution in [3.05, 3.63) is 61.1 Å². The Bertz CT molecular complexity index is 707. The lowest BCUT2D eigenvalue weighted by atomic mass is 10.2. The standard InChI is InChI=1S/C14H10Br2ClNO3/c1-8-4-10(16)6-12(18(19)20)14(8)21-13-3-2-11(17)5-9(13)7-15/h2-6H,7H2,1H3. The van der Waals surface area contributed by atoms with Crippen molar-refractivity contribution in [2.24, 2.45) is 0 Å². The summed E-state index contributed by atoms with van der Waals surface area (Å²) in [5.41, 5.74) is 1.41. The third kappa shape index (κ3) is 3.75. The molecule has 7 heteroatoms. The second-order valence-corrected chi connectivity index (χ2v) is 6.23. The Labute approximate surface area is 143 Å². The number of hydrogen-bond donors (Lipinski definition) is 0. The minimum atomic E-state index is -0.461. The summed E-state index contributed by atoms with van der Waals surface area (Å²) >= 11 is 12.5. The molecule has 0 spiro atoms. The van der Waals surface area contributed by atoms with Crippen LogP contribution in [0.4, 0.5) is 5.69 Å². The molecule has 2 rings (SSSR count). The zero-order chi connectivity index (χ0) is 15.6. The molecule has 4 nitrogen and oxygen atoms in total. The molecule has 0 radical (unpaired) electrons. The van der Waals surface area contributed by atoms with E-state index in [4.69, 9.17) is 16.3 Å². The van der Waals surface area contributed by atoms with Crippen LogP contribution in [-0.2, 0) is 5.33 Å². The van der Waals surface area contributed by atoms with Gasteiger partial charge in [-0.05, 0) is 36.8 Å². The molecule has 0 aliphatic rings. The van der Waals surface area contributed by atoms with Crippen molar-refractivity contribution in [1.82, 2.24) is 0 Å². The lowest BCUT2D eigenvalue weighted by molar-refractivity contribution is -0.385. The first kappa shape index (κ1) is 16.3. The van der Waals surface area contributed by atoms with Gasteiger partial charge < -0.3 is 4.74 Å². The molecule has 0 fully saturated rings. The van der Waals surface area contributed by atoms with E-state index >= 15 is 0 Å². The minimum absolute atomic E-state index is 0.0858. The summed E-state index contributed by atoms with van der Waals surface area (Å²) in [4.78, 5) is 10.7. The fourth-order valence-electron chi connectivity index (χ4n) is 1.84. The highest BCUT2D eigenvalue weighted by Crippen LogP contribution is 2.39. The van der Waals surface area contributed by atoms with Gasteiger partial charge in [-0.25, -0.2) is 0 Å². The molecule has 2 aromatic rings. The maximum Gasteiger partial charge on any atom is 0.312 e. The molecular formula is C14H10Br2ClNO3. The Hall–Kier alpha value is -1.11. The van der Waals surface area contributed by atoms with E-state index in [-0.39, 0.29) is 11.4 Å². The SMILES string of the molecule is Cc1cc(Br)cc([N+](=O)[O-])c1Oc1ccc(Cl)cc1CBr. The first-order valence-corrected chi connectivity index (χ1v) is 8.18. The fraction of sp³-hybridized carbons (Fsp3) is 0.143. The van der Waals surface area contributed by atoms with Crippen LogP contribution in [0.15, 0.2) is 34.8 Å². The van der Waals surface area contributed by atoms with E-state index in [1.807, 2.05) is 0 Å². The van der Waals surface area contributed by atoms with E-state index in [1.54, 1.807) is 31.2 Å². The Kier molecular flexibility index (Phi) is 5.24. The van der Waals surface area contributed by atoms with E-state index in [2.05, 4.69) is 31.9 Å². The highest BCUT2D eigenvalue weighted by Gasteiger charge is 2.20. The van der Waals surface area contributed by atoms with Crippen molar-refractivity contribution in [2.45, 2.75) is 12.3 Å². The van der Waals surface area contributed by atoms with Crippen LogP contribution in [0, 0.1) is 17.0 Å². The van der Waals surface area contributed by atoms with Gasteiger partial charge >= 0.3 is 5.69 Å². The lowest BCUT2D eigenvalue weighted by Gasteiger charge is -2.12. The normalized spacial score (nSPS) is 10.5. The number of alkyl halides is 1. The maximum absolute atomic E-state index is 11.2. The first-order valence-electron chi connectivity index (χ1n) is 5.89. The van der Waals surface area contributed by atoms with Crippen molar-refractivity contribution in [3.8, 4) is 11.5 Å². The van der Waals surface area contributed by atoms with Gasteiger partial charge in [-0.2, -0.15) is 0 Å². The van der Waals surface area contributed by atoms with E-state index in [0.717, 1.165) is 5.56 Å². The molecule has 0 aliphatic carbocycles. The second kappa shape index (κ2) is 6.77. The van der Waals surface area contributed by atoms with Crippen molar-refractivity contribution >= 4 is 49.1 Å². The molecule has 2 aromatic carbocycles. The molecule has 110 valence electrons. The Balaban J connectivity index is 2.51. The average molecular weight is 435 g/mol. The molecule has 0 unspecified atom stereocenters. The van der Waals surface area contributed by atoms with E-state index in [0.29, 0.717) is 26.1 Å². The molecular weight excluding hydrogens is 425 g/mol.